The number of hydrogen-bond donors (Lipinski definition) is 1. The second-order valence-corrected chi connectivity index (χ2v) is 7.15. The molecule has 1 N–H and O–H groups in total. The van der Waals surface area contributed by atoms with Crippen LogP contribution >= 0.6 is 15.9 Å². The second-order valence-electron chi connectivity index (χ2n) is 6.23. The first-order valence-corrected chi connectivity index (χ1v) is 9.29. The zero-order chi connectivity index (χ0) is 18.1. The fraction of sp³-hybridized carbons (Fsp3) is 0.200. The van der Waals surface area contributed by atoms with Crippen LogP contribution in [0.15, 0.2) is 57.7 Å². The topological polar surface area (TPSA) is 60.1 Å². The normalized spacial score (nSPS) is 11.3. The minimum atomic E-state index is -0.176. The van der Waals surface area contributed by atoms with Crippen molar-refractivity contribution in [1.82, 2.24) is 14.9 Å². The first kappa shape index (κ1) is 16.8. The SMILES string of the molecule is Cc1c(C(=O)NCCCn2cnc3ccccc32)oc2ccc(Br)cc12. The molecule has 0 spiro atoms. The summed E-state index contributed by atoms with van der Waals surface area (Å²) >= 11 is 3.45. The third-order valence-corrected chi connectivity index (χ3v) is 4.99. The third-order valence-electron chi connectivity index (χ3n) is 4.49. The largest absolute Gasteiger partial charge is 0.451 e. The van der Waals surface area contributed by atoms with E-state index in [0.29, 0.717) is 12.3 Å². The number of carbonyl (C=O) groups excluding carboxylic acids is 1. The number of hydrogen-bond acceptors (Lipinski definition) is 3. The number of furan rings is 1. The van der Waals surface area contributed by atoms with Crippen LogP contribution in [0.1, 0.15) is 22.5 Å². The molecule has 0 aliphatic heterocycles. The average molecular weight is 412 g/mol. The van der Waals surface area contributed by atoms with Gasteiger partial charge in [-0.1, -0.05) is 28.1 Å². The Hall–Kier alpha value is -2.60. The lowest BCUT2D eigenvalue weighted by atomic mass is 10.1. The fourth-order valence-corrected chi connectivity index (χ4v) is 3.49. The monoisotopic (exact) mass is 411 g/mol. The number of halogens is 1. The van der Waals surface area contributed by atoms with Crippen LogP contribution in [0.3, 0.4) is 0 Å². The van der Waals surface area contributed by atoms with Crippen LogP contribution in [0.5, 0.6) is 0 Å². The lowest BCUT2D eigenvalue weighted by molar-refractivity contribution is 0.0926. The second kappa shape index (κ2) is 6.96. The number of carbonyl (C=O) groups is 1. The van der Waals surface area contributed by atoms with Crippen molar-refractivity contribution in [3.63, 3.8) is 0 Å². The molecule has 0 aliphatic rings. The standard InChI is InChI=1S/C20H18BrN3O2/c1-13-15-11-14(21)7-8-18(15)26-19(13)20(25)22-9-4-10-24-12-23-16-5-2-3-6-17(16)24/h2-3,5-8,11-12H,4,9-10H2,1H3,(H,22,25). The van der Waals surface area contributed by atoms with Gasteiger partial charge in [-0.2, -0.15) is 0 Å². The van der Waals surface area contributed by atoms with Crippen LogP contribution in [-0.4, -0.2) is 22.0 Å². The van der Waals surface area contributed by atoms with E-state index in [-0.39, 0.29) is 5.91 Å². The minimum absolute atomic E-state index is 0.176. The molecule has 26 heavy (non-hydrogen) atoms. The Morgan fingerprint density at radius 3 is 3.00 bits per heavy atom. The van der Waals surface area contributed by atoms with Gasteiger partial charge in [-0.3, -0.25) is 4.79 Å². The third kappa shape index (κ3) is 3.12. The molecule has 0 aliphatic carbocycles. The predicted molar refractivity (Wildman–Crippen MR) is 105 cm³/mol. The number of amides is 1. The first-order chi connectivity index (χ1) is 12.6. The van der Waals surface area contributed by atoms with Gasteiger partial charge in [0.15, 0.2) is 5.76 Å². The summed E-state index contributed by atoms with van der Waals surface area (Å²) in [6.45, 7) is 3.28. The van der Waals surface area contributed by atoms with E-state index in [4.69, 9.17) is 4.42 Å². The van der Waals surface area contributed by atoms with E-state index in [0.717, 1.165) is 45.0 Å². The maximum absolute atomic E-state index is 12.5. The molecule has 0 atom stereocenters. The van der Waals surface area contributed by atoms with Crippen molar-refractivity contribution in [3.05, 3.63) is 64.6 Å². The number of aryl methyl sites for hydroxylation is 2. The van der Waals surface area contributed by atoms with Gasteiger partial charge in [0, 0.05) is 28.5 Å². The lowest BCUT2D eigenvalue weighted by Gasteiger charge is -2.06. The summed E-state index contributed by atoms with van der Waals surface area (Å²) in [5.74, 6) is 0.205. The van der Waals surface area contributed by atoms with Crippen LogP contribution in [-0.2, 0) is 6.54 Å². The molecular weight excluding hydrogens is 394 g/mol. The molecule has 6 heteroatoms. The Kier molecular flexibility index (Phi) is 4.51. The number of nitrogens with one attached hydrogen (secondary N) is 1. The highest BCUT2D eigenvalue weighted by molar-refractivity contribution is 9.10. The summed E-state index contributed by atoms with van der Waals surface area (Å²) in [5.41, 5.74) is 3.68. The molecule has 0 saturated heterocycles. The summed E-state index contributed by atoms with van der Waals surface area (Å²) in [7, 11) is 0. The average Bonchev–Trinajstić information content (AvgIpc) is 3.20. The molecule has 2 heterocycles. The van der Waals surface area contributed by atoms with Crippen LogP contribution < -0.4 is 5.32 Å². The van der Waals surface area contributed by atoms with Crippen LogP contribution in [0, 0.1) is 6.92 Å². The van der Waals surface area contributed by atoms with E-state index in [2.05, 4.69) is 36.9 Å². The molecule has 4 rings (SSSR count). The zero-order valence-electron chi connectivity index (χ0n) is 14.3. The molecule has 1 amide bonds. The predicted octanol–water partition coefficient (Wildman–Crippen LogP) is 4.67. The Bertz CT molecular complexity index is 1100. The van der Waals surface area contributed by atoms with Crippen LogP contribution in [0.4, 0.5) is 0 Å². The molecule has 0 unspecified atom stereocenters. The van der Waals surface area contributed by atoms with Gasteiger partial charge in [0.2, 0.25) is 0 Å². The fourth-order valence-electron chi connectivity index (χ4n) is 3.13. The van der Waals surface area contributed by atoms with Crippen molar-refractivity contribution in [2.24, 2.45) is 0 Å². The smallest absolute Gasteiger partial charge is 0.287 e. The summed E-state index contributed by atoms with van der Waals surface area (Å²) < 4.78 is 8.80. The van der Waals surface area contributed by atoms with E-state index in [1.54, 1.807) is 0 Å². The van der Waals surface area contributed by atoms with Gasteiger partial charge in [-0.25, -0.2) is 4.98 Å². The Morgan fingerprint density at radius 1 is 1.27 bits per heavy atom. The van der Waals surface area contributed by atoms with Crippen molar-refractivity contribution in [1.29, 1.82) is 0 Å². The van der Waals surface area contributed by atoms with Gasteiger partial charge in [0.1, 0.15) is 5.58 Å². The van der Waals surface area contributed by atoms with Crippen molar-refractivity contribution in [2.75, 3.05) is 6.54 Å². The molecule has 0 bridgehead atoms. The minimum Gasteiger partial charge on any atom is -0.451 e. The number of aromatic nitrogens is 2. The summed E-state index contributed by atoms with van der Waals surface area (Å²) in [5, 5.41) is 3.90. The summed E-state index contributed by atoms with van der Waals surface area (Å²) in [6.07, 6.45) is 2.66. The van der Waals surface area contributed by atoms with E-state index in [9.17, 15) is 4.79 Å². The molecular formula is C20H18BrN3O2. The number of para-hydroxylation sites is 2. The number of benzene rings is 2. The molecule has 0 fully saturated rings. The molecule has 132 valence electrons. The summed E-state index contributed by atoms with van der Waals surface area (Å²) in [4.78, 5) is 16.8. The molecule has 2 aromatic heterocycles. The van der Waals surface area contributed by atoms with Gasteiger partial charge in [0.25, 0.3) is 5.91 Å². The van der Waals surface area contributed by atoms with E-state index < -0.39 is 0 Å². The quantitative estimate of drug-likeness (QED) is 0.485. The zero-order valence-corrected chi connectivity index (χ0v) is 15.9. The maximum atomic E-state index is 12.5. The highest BCUT2D eigenvalue weighted by atomic mass is 79.9. The number of imidazole rings is 1. The van der Waals surface area contributed by atoms with Gasteiger partial charge < -0.3 is 14.3 Å². The van der Waals surface area contributed by atoms with Gasteiger partial charge >= 0.3 is 0 Å². The van der Waals surface area contributed by atoms with Gasteiger partial charge in [0.05, 0.1) is 17.4 Å². The number of rotatable bonds is 5. The van der Waals surface area contributed by atoms with Crippen LogP contribution in [0.2, 0.25) is 0 Å². The Balaban J connectivity index is 1.39. The number of nitrogens with zero attached hydrogens (tertiary/aromatic N) is 2. The highest BCUT2D eigenvalue weighted by Crippen LogP contribution is 2.28. The van der Waals surface area contributed by atoms with Gasteiger partial charge in [-0.05, 0) is 43.7 Å². The maximum Gasteiger partial charge on any atom is 0.287 e. The van der Waals surface area contributed by atoms with Gasteiger partial charge in [-0.15, -0.1) is 0 Å². The van der Waals surface area contributed by atoms with Crippen LogP contribution in [0.25, 0.3) is 22.0 Å². The molecule has 2 aromatic carbocycles. The molecule has 4 aromatic rings. The van der Waals surface area contributed by atoms with Crippen molar-refractivity contribution < 1.29 is 9.21 Å². The molecule has 0 saturated carbocycles. The lowest BCUT2D eigenvalue weighted by Crippen LogP contribution is -2.25. The van der Waals surface area contributed by atoms with E-state index >= 15 is 0 Å². The number of fused-ring (bicyclic) bond motifs is 2. The van der Waals surface area contributed by atoms with E-state index in [1.807, 2.05) is 49.6 Å². The highest BCUT2D eigenvalue weighted by Gasteiger charge is 2.17. The summed E-state index contributed by atoms with van der Waals surface area (Å²) in [6, 6.07) is 13.8. The van der Waals surface area contributed by atoms with Crippen molar-refractivity contribution in [2.45, 2.75) is 19.9 Å². The Morgan fingerprint density at radius 2 is 2.12 bits per heavy atom. The molecule has 5 nitrogen and oxygen atoms in total. The van der Waals surface area contributed by atoms with Crippen molar-refractivity contribution >= 4 is 43.8 Å². The van der Waals surface area contributed by atoms with E-state index in [1.165, 1.54) is 0 Å². The Labute approximate surface area is 159 Å². The first-order valence-electron chi connectivity index (χ1n) is 8.50. The molecule has 0 radical (unpaired) electrons. The van der Waals surface area contributed by atoms with Crippen molar-refractivity contribution in [3.8, 4) is 0 Å².